The fraction of sp³-hybridized carbons (Fsp3) is 0.571. The van der Waals surface area contributed by atoms with Gasteiger partial charge in [0, 0.05) is 25.3 Å². The van der Waals surface area contributed by atoms with Gasteiger partial charge in [-0.15, -0.1) is 0 Å². The molecule has 1 N–H and O–H groups in total. The molecule has 1 aliphatic rings. The van der Waals surface area contributed by atoms with Crippen LogP contribution >= 0.6 is 0 Å². The van der Waals surface area contributed by atoms with Crippen LogP contribution in [0.15, 0.2) is 23.1 Å². The van der Waals surface area contributed by atoms with Gasteiger partial charge in [0.1, 0.15) is 13.2 Å². The number of ether oxygens (including phenoxy) is 2. The number of sulfonamides is 1. The van der Waals surface area contributed by atoms with Gasteiger partial charge in [0.15, 0.2) is 11.5 Å². The zero-order valence-electron chi connectivity index (χ0n) is 12.3. The van der Waals surface area contributed by atoms with Crippen molar-refractivity contribution in [3.63, 3.8) is 0 Å². The first-order valence-electron chi connectivity index (χ1n) is 6.99. The molecule has 6 nitrogen and oxygen atoms in total. The van der Waals surface area contributed by atoms with Crippen molar-refractivity contribution in [3.05, 3.63) is 18.2 Å². The molecule has 0 spiro atoms. The minimum absolute atomic E-state index is 0.0418. The van der Waals surface area contributed by atoms with Crippen molar-refractivity contribution in [2.45, 2.75) is 31.2 Å². The molecule has 0 aliphatic carbocycles. The van der Waals surface area contributed by atoms with Gasteiger partial charge >= 0.3 is 0 Å². The van der Waals surface area contributed by atoms with Gasteiger partial charge in [0.05, 0.1) is 4.90 Å². The number of benzene rings is 1. The van der Waals surface area contributed by atoms with E-state index in [0.29, 0.717) is 31.1 Å². The quantitative estimate of drug-likeness (QED) is 0.855. The number of hydrogen-bond acceptors (Lipinski definition) is 5. The molecule has 0 radical (unpaired) electrons. The Balaban J connectivity index is 2.33. The van der Waals surface area contributed by atoms with Gasteiger partial charge in [-0.1, -0.05) is 0 Å². The fourth-order valence-electron chi connectivity index (χ4n) is 2.20. The van der Waals surface area contributed by atoms with E-state index in [-0.39, 0.29) is 24.1 Å². The molecule has 0 aromatic heterocycles. The Morgan fingerprint density at radius 2 is 1.90 bits per heavy atom. The number of nitrogens with zero attached hydrogens (tertiary/aromatic N) is 1. The highest BCUT2D eigenvalue weighted by Crippen LogP contribution is 2.33. The summed E-state index contributed by atoms with van der Waals surface area (Å²) in [4.78, 5) is 0.179. The molecule has 0 fully saturated rings. The summed E-state index contributed by atoms with van der Waals surface area (Å²) in [5.41, 5.74) is 0. The molecule has 0 atom stereocenters. The first-order chi connectivity index (χ1) is 9.96. The molecule has 7 heteroatoms. The molecule has 0 unspecified atom stereocenters. The maximum absolute atomic E-state index is 12.7. The molecule has 0 bridgehead atoms. The van der Waals surface area contributed by atoms with Crippen LogP contribution < -0.4 is 9.47 Å². The van der Waals surface area contributed by atoms with Crippen LogP contribution in [0.2, 0.25) is 0 Å². The maximum atomic E-state index is 12.7. The van der Waals surface area contributed by atoms with E-state index >= 15 is 0 Å². The second-order valence-electron chi connectivity index (χ2n) is 5.09. The predicted molar refractivity (Wildman–Crippen MR) is 78.2 cm³/mol. The molecule has 21 heavy (non-hydrogen) atoms. The van der Waals surface area contributed by atoms with E-state index in [1.54, 1.807) is 6.07 Å². The lowest BCUT2D eigenvalue weighted by Crippen LogP contribution is -2.38. The zero-order valence-corrected chi connectivity index (χ0v) is 13.1. The van der Waals surface area contributed by atoms with Gasteiger partial charge in [-0.05, 0) is 32.4 Å². The van der Waals surface area contributed by atoms with E-state index in [1.807, 2.05) is 13.8 Å². The Bertz CT molecular complexity index is 585. The van der Waals surface area contributed by atoms with Gasteiger partial charge in [0.2, 0.25) is 10.0 Å². The van der Waals surface area contributed by atoms with Gasteiger partial charge in [-0.25, -0.2) is 8.42 Å². The molecule has 1 aliphatic heterocycles. The van der Waals surface area contributed by atoms with E-state index in [9.17, 15) is 8.42 Å². The Labute approximate surface area is 125 Å². The second-order valence-corrected chi connectivity index (χ2v) is 6.98. The van der Waals surface area contributed by atoms with Crippen molar-refractivity contribution >= 4 is 10.0 Å². The lowest BCUT2D eigenvalue weighted by atomic mass is 10.3. The topological polar surface area (TPSA) is 76.1 Å². The van der Waals surface area contributed by atoms with Crippen molar-refractivity contribution in [2.24, 2.45) is 0 Å². The summed E-state index contributed by atoms with van der Waals surface area (Å²) in [6.07, 6.45) is 0.405. The Morgan fingerprint density at radius 1 is 1.24 bits per heavy atom. The molecule has 2 rings (SSSR count). The zero-order chi connectivity index (χ0) is 15.5. The third kappa shape index (κ3) is 3.48. The van der Waals surface area contributed by atoms with Gasteiger partial charge in [0.25, 0.3) is 0 Å². The van der Waals surface area contributed by atoms with Crippen molar-refractivity contribution in [1.82, 2.24) is 4.31 Å². The largest absolute Gasteiger partial charge is 0.486 e. The SMILES string of the molecule is CC(C)N(CCCO)S(=O)(=O)c1ccc2c(c1)OCCO2. The van der Waals surface area contributed by atoms with E-state index < -0.39 is 10.0 Å². The monoisotopic (exact) mass is 315 g/mol. The Morgan fingerprint density at radius 3 is 2.52 bits per heavy atom. The maximum Gasteiger partial charge on any atom is 0.243 e. The minimum atomic E-state index is -3.62. The predicted octanol–water partition coefficient (Wildman–Crippen LogP) is 1.24. The lowest BCUT2D eigenvalue weighted by Gasteiger charge is -2.26. The number of rotatable bonds is 6. The Hall–Kier alpha value is -1.31. The third-order valence-corrected chi connectivity index (χ3v) is 5.30. The minimum Gasteiger partial charge on any atom is -0.486 e. The molecule has 1 aromatic rings. The number of fused-ring (bicyclic) bond motifs is 1. The summed E-state index contributed by atoms with van der Waals surface area (Å²) in [6.45, 7) is 4.74. The first kappa shape index (κ1) is 16.1. The van der Waals surface area contributed by atoms with Gasteiger partial charge in [-0.3, -0.25) is 0 Å². The van der Waals surface area contributed by atoms with Gasteiger partial charge in [-0.2, -0.15) is 4.31 Å². The van der Waals surface area contributed by atoms with Crippen LogP contribution in [0.25, 0.3) is 0 Å². The van der Waals surface area contributed by atoms with Crippen LogP contribution in [0.5, 0.6) is 11.5 Å². The Kier molecular flexibility index (Phi) is 5.08. The smallest absolute Gasteiger partial charge is 0.243 e. The summed E-state index contributed by atoms with van der Waals surface area (Å²) < 4.78 is 37.6. The van der Waals surface area contributed by atoms with Gasteiger partial charge < -0.3 is 14.6 Å². The third-order valence-electron chi connectivity index (χ3n) is 3.23. The number of hydrogen-bond donors (Lipinski definition) is 1. The van der Waals surface area contributed by atoms with Crippen molar-refractivity contribution in [2.75, 3.05) is 26.4 Å². The molecule has 1 aromatic carbocycles. The molecular weight excluding hydrogens is 294 g/mol. The lowest BCUT2D eigenvalue weighted by molar-refractivity contribution is 0.171. The number of aliphatic hydroxyl groups is 1. The van der Waals surface area contributed by atoms with Crippen LogP contribution in [-0.4, -0.2) is 50.2 Å². The van der Waals surface area contributed by atoms with E-state index in [2.05, 4.69) is 0 Å². The highest BCUT2D eigenvalue weighted by molar-refractivity contribution is 7.89. The second kappa shape index (κ2) is 6.64. The number of aliphatic hydroxyl groups excluding tert-OH is 1. The summed E-state index contributed by atoms with van der Waals surface area (Å²) >= 11 is 0. The average Bonchev–Trinajstić information content (AvgIpc) is 2.46. The van der Waals surface area contributed by atoms with E-state index in [0.717, 1.165) is 0 Å². The average molecular weight is 315 g/mol. The molecular formula is C14H21NO5S. The van der Waals surface area contributed by atoms with Crippen LogP contribution in [0.3, 0.4) is 0 Å². The fourth-order valence-corrected chi connectivity index (χ4v) is 3.89. The van der Waals surface area contributed by atoms with Crippen molar-refractivity contribution in [1.29, 1.82) is 0 Å². The summed E-state index contributed by atoms with van der Waals surface area (Å²) in [6, 6.07) is 4.45. The van der Waals surface area contributed by atoms with Crippen molar-refractivity contribution < 1.29 is 23.0 Å². The van der Waals surface area contributed by atoms with Crippen molar-refractivity contribution in [3.8, 4) is 11.5 Å². The molecule has 118 valence electrons. The molecule has 0 saturated heterocycles. The highest BCUT2D eigenvalue weighted by Gasteiger charge is 2.28. The van der Waals surface area contributed by atoms with E-state index in [1.165, 1.54) is 16.4 Å². The molecule has 0 saturated carbocycles. The summed E-state index contributed by atoms with van der Waals surface area (Å²) in [5, 5.41) is 8.93. The normalized spacial score (nSPS) is 14.7. The van der Waals surface area contributed by atoms with Crippen LogP contribution in [-0.2, 0) is 10.0 Å². The summed E-state index contributed by atoms with van der Waals surface area (Å²) in [5.74, 6) is 1.01. The van der Waals surface area contributed by atoms with Crippen LogP contribution in [0.4, 0.5) is 0 Å². The van der Waals surface area contributed by atoms with Crippen LogP contribution in [0.1, 0.15) is 20.3 Å². The molecule has 1 heterocycles. The van der Waals surface area contributed by atoms with Crippen LogP contribution in [0, 0.1) is 0 Å². The molecule has 0 amide bonds. The first-order valence-corrected chi connectivity index (χ1v) is 8.43. The van der Waals surface area contributed by atoms with E-state index in [4.69, 9.17) is 14.6 Å². The summed E-state index contributed by atoms with van der Waals surface area (Å²) in [7, 11) is -3.62. The standard InChI is InChI=1S/C14H21NO5S/c1-11(2)15(6-3-7-16)21(17,18)12-4-5-13-14(10-12)20-9-8-19-13/h4-5,10-11,16H,3,6-9H2,1-2H3. The highest BCUT2D eigenvalue weighted by atomic mass is 32.2.